The van der Waals surface area contributed by atoms with Gasteiger partial charge in [0.05, 0.1) is 25.9 Å². The third-order valence-corrected chi connectivity index (χ3v) is 5.85. The molecule has 0 spiro atoms. The molecule has 5 heteroatoms. The Morgan fingerprint density at radius 2 is 2.00 bits per heavy atom. The van der Waals surface area contributed by atoms with Gasteiger partial charge in [0.15, 0.2) is 0 Å². The topological polar surface area (TPSA) is 57.5 Å². The van der Waals surface area contributed by atoms with Crippen molar-refractivity contribution < 1.29 is 9.47 Å². The van der Waals surface area contributed by atoms with Gasteiger partial charge in [-0.05, 0) is 37.0 Å². The van der Waals surface area contributed by atoms with Crippen LogP contribution in [-0.2, 0) is 11.3 Å². The normalized spacial score (nSPS) is 20.1. The third kappa shape index (κ3) is 5.93. The van der Waals surface area contributed by atoms with Gasteiger partial charge in [0.25, 0.3) is 0 Å². The third-order valence-electron chi connectivity index (χ3n) is 5.85. The lowest BCUT2D eigenvalue weighted by molar-refractivity contribution is -0.0369. The van der Waals surface area contributed by atoms with Gasteiger partial charge in [-0.1, -0.05) is 31.4 Å². The molecular formula is C22H33N3O2. The second kappa shape index (κ2) is 10.7. The molecule has 5 nitrogen and oxygen atoms in total. The van der Waals surface area contributed by atoms with Crippen molar-refractivity contribution in [2.24, 2.45) is 0 Å². The molecule has 27 heavy (non-hydrogen) atoms. The Bertz CT molecular complexity index is 602. The Kier molecular flexibility index (Phi) is 7.94. The van der Waals surface area contributed by atoms with E-state index in [0.717, 1.165) is 51.6 Å². The number of unbranched alkanes of at least 4 members (excludes halogenated alkanes) is 1. The van der Waals surface area contributed by atoms with Crippen LogP contribution in [0.15, 0.2) is 24.3 Å². The summed E-state index contributed by atoms with van der Waals surface area (Å²) in [4.78, 5) is 2.68. The van der Waals surface area contributed by atoms with E-state index in [0.29, 0.717) is 18.6 Å². The van der Waals surface area contributed by atoms with Crippen molar-refractivity contribution in [1.29, 1.82) is 5.26 Å². The van der Waals surface area contributed by atoms with Gasteiger partial charge in [-0.15, -0.1) is 0 Å². The van der Waals surface area contributed by atoms with Crippen LogP contribution in [0, 0.1) is 11.3 Å². The molecule has 1 heterocycles. The van der Waals surface area contributed by atoms with E-state index < -0.39 is 0 Å². The number of morpholine rings is 1. The second-order valence-electron chi connectivity index (χ2n) is 7.75. The van der Waals surface area contributed by atoms with Crippen LogP contribution in [0.2, 0.25) is 0 Å². The molecule has 0 unspecified atom stereocenters. The summed E-state index contributed by atoms with van der Waals surface area (Å²) in [5.41, 5.74) is 1.55. The number of benzene rings is 1. The van der Waals surface area contributed by atoms with Crippen LogP contribution >= 0.6 is 0 Å². The summed E-state index contributed by atoms with van der Waals surface area (Å²) in [6.07, 6.45) is 7.96. The van der Waals surface area contributed by atoms with Crippen LogP contribution in [0.1, 0.15) is 50.5 Å². The molecule has 148 valence electrons. The highest BCUT2D eigenvalue weighted by Gasteiger charge is 2.38. The van der Waals surface area contributed by atoms with Gasteiger partial charge in [0.1, 0.15) is 5.75 Å². The summed E-state index contributed by atoms with van der Waals surface area (Å²) in [7, 11) is 0. The zero-order valence-corrected chi connectivity index (χ0v) is 16.4. The van der Waals surface area contributed by atoms with Crippen molar-refractivity contribution >= 4 is 0 Å². The molecule has 0 amide bonds. The van der Waals surface area contributed by atoms with Crippen molar-refractivity contribution in [2.75, 3.05) is 39.5 Å². The molecule has 1 aliphatic carbocycles. The lowest BCUT2D eigenvalue weighted by Crippen LogP contribution is -2.59. The summed E-state index contributed by atoms with van der Waals surface area (Å²) in [6, 6.07) is 10.5. The van der Waals surface area contributed by atoms with E-state index in [2.05, 4.69) is 34.5 Å². The summed E-state index contributed by atoms with van der Waals surface area (Å²) < 4.78 is 11.3. The summed E-state index contributed by atoms with van der Waals surface area (Å²) in [5.74, 6) is 0.896. The largest absolute Gasteiger partial charge is 0.494 e. The monoisotopic (exact) mass is 371 g/mol. The Balaban J connectivity index is 1.51. The van der Waals surface area contributed by atoms with Crippen molar-refractivity contribution in [3.05, 3.63) is 29.8 Å². The highest BCUT2D eigenvalue weighted by molar-refractivity contribution is 5.28. The van der Waals surface area contributed by atoms with E-state index in [4.69, 9.17) is 14.7 Å². The summed E-state index contributed by atoms with van der Waals surface area (Å²) in [6.45, 7) is 6.37. The van der Waals surface area contributed by atoms with Crippen molar-refractivity contribution in [2.45, 2.75) is 57.0 Å². The maximum atomic E-state index is 8.60. The standard InChI is InChI=1S/C22H33N3O2/c23-11-4-5-14-27-21-8-6-7-20(17-21)18-24-19-22(9-2-1-3-10-22)25-12-15-26-16-13-25/h6-8,17,24H,1-5,9-10,12-16,18-19H2. The maximum Gasteiger partial charge on any atom is 0.119 e. The molecule has 3 rings (SSSR count). The van der Waals surface area contributed by atoms with E-state index in [1.165, 1.54) is 37.7 Å². The number of nitrogens with zero attached hydrogens (tertiary/aromatic N) is 2. The molecule has 1 aliphatic heterocycles. The van der Waals surface area contributed by atoms with Gasteiger partial charge in [-0.2, -0.15) is 5.26 Å². The number of nitrogens with one attached hydrogen (secondary N) is 1. The fourth-order valence-corrected chi connectivity index (χ4v) is 4.38. The van der Waals surface area contributed by atoms with Crippen LogP contribution < -0.4 is 10.1 Å². The number of rotatable bonds is 9. The minimum atomic E-state index is 0.299. The van der Waals surface area contributed by atoms with Gasteiger partial charge < -0.3 is 14.8 Å². The molecule has 2 fully saturated rings. The lowest BCUT2D eigenvalue weighted by Gasteiger charge is -2.48. The Labute approximate surface area is 163 Å². The molecule has 1 saturated heterocycles. The van der Waals surface area contributed by atoms with Gasteiger partial charge in [0.2, 0.25) is 0 Å². The maximum absolute atomic E-state index is 8.60. The fourth-order valence-electron chi connectivity index (χ4n) is 4.38. The summed E-state index contributed by atoms with van der Waals surface area (Å²) >= 11 is 0. The van der Waals surface area contributed by atoms with Crippen LogP contribution in [0.25, 0.3) is 0 Å². The first-order valence-corrected chi connectivity index (χ1v) is 10.4. The first-order valence-electron chi connectivity index (χ1n) is 10.4. The molecule has 1 saturated carbocycles. The fraction of sp³-hybridized carbons (Fsp3) is 0.682. The Morgan fingerprint density at radius 1 is 1.19 bits per heavy atom. The van der Waals surface area contributed by atoms with E-state index in [1.54, 1.807) is 0 Å². The molecular weight excluding hydrogens is 338 g/mol. The van der Waals surface area contributed by atoms with Gasteiger partial charge in [-0.25, -0.2) is 0 Å². The molecule has 1 aromatic carbocycles. The number of nitriles is 1. The van der Waals surface area contributed by atoms with Crippen molar-refractivity contribution in [1.82, 2.24) is 10.2 Å². The molecule has 1 aromatic rings. The molecule has 0 atom stereocenters. The number of hydrogen-bond donors (Lipinski definition) is 1. The SMILES string of the molecule is N#CCCCOc1cccc(CNCC2(N3CCOCC3)CCCCC2)c1. The number of ether oxygens (including phenoxy) is 2. The molecule has 0 bridgehead atoms. The molecule has 0 aromatic heterocycles. The zero-order valence-electron chi connectivity index (χ0n) is 16.4. The molecule has 2 aliphatic rings. The first-order chi connectivity index (χ1) is 13.3. The van der Waals surface area contributed by atoms with Crippen LogP contribution in [-0.4, -0.2) is 49.9 Å². The average Bonchev–Trinajstić information content (AvgIpc) is 2.73. The minimum Gasteiger partial charge on any atom is -0.494 e. The highest BCUT2D eigenvalue weighted by atomic mass is 16.5. The van der Waals surface area contributed by atoms with Gasteiger partial charge in [-0.3, -0.25) is 4.90 Å². The zero-order chi connectivity index (χ0) is 18.8. The second-order valence-corrected chi connectivity index (χ2v) is 7.75. The van der Waals surface area contributed by atoms with E-state index in [-0.39, 0.29) is 0 Å². The summed E-state index contributed by atoms with van der Waals surface area (Å²) in [5, 5.41) is 12.3. The van der Waals surface area contributed by atoms with Crippen LogP contribution in [0.3, 0.4) is 0 Å². The van der Waals surface area contributed by atoms with E-state index in [1.807, 2.05) is 6.07 Å². The van der Waals surface area contributed by atoms with Crippen LogP contribution in [0.4, 0.5) is 0 Å². The quantitative estimate of drug-likeness (QED) is 0.674. The van der Waals surface area contributed by atoms with E-state index in [9.17, 15) is 0 Å². The van der Waals surface area contributed by atoms with Crippen LogP contribution in [0.5, 0.6) is 5.75 Å². The Hall–Kier alpha value is -1.61. The predicted molar refractivity (Wildman–Crippen MR) is 107 cm³/mol. The number of hydrogen-bond acceptors (Lipinski definition) is 5. The molecule has 0 radical (unpaired) electrons. The van der Waals surface area contributed by atoms with E-state index >= 15 is 0 Å². The van der Waals surface area contributed by atoms with Gasteiger partial charge in [0, 0.05) is 38.1 Å². The first kappa shape index (κ1) is 20.1. The molecule has 1 N–H and O–H groups in total. The van der Waals surface area contributed by atoms with Crippen molar-refractivity contribution in [3.63, 3.8) is 0 Å². The predicted octanol–water partition coefficient (Wildman–Crippen LogP) is 3.49. The highest BCUT2D eigenvalue weighted by Crippen LogP contribution is 2.34. The average molecular weight is 372 g/mol. The Morgan fingerprint density at radius 3 is 2.78 bits per heavy atom. The van der Waals surface area contributed by atoms with Crippen molar-refractivity contribution in [3.8, 4) is 11.8 Å². The smallest absolute Gasteiger partial charge is 0.119 e. The lowest BCUT2D eigenvalue weighted by atomic mass is 9.79. The van der Waals surface area contributed by atoms with Gasteiger partial charge >= 0.3 is 0 Å². The minimum absolute atomic E-state index is 0.299.